The molecule has 126 valence electrons. The molecule has 3 rings (SSSR count). The molecule has 0 aliphatic rings. The van der Waals surface area contributed by atoms with Crippen molar-refractivity contribution in [1.82, 2.24) is 10.3 Å². The lowest BCUT2D eigenvalue weighted by molar-refractivity contribution is 0.0945. The lowest BCUT2D eigenvalue weighted by atomic mass is 10.2. The van der Waals surface area contributed by atoms with Crippen LogP contribution in [0.25, 0.3) is 0 Å². The van der Waals surface area contributed by atoms with Crippen LogP contribution in [0.3, 0.4) is 0 Å². The molecule has 0 spiro atoms. The first-order valence-corrected chi connectivity index (χ1v) is 7.94. The first-order chi connectivity index (χ1) is 12.2. The molecule has 0 saturated carbocycles. The summed E-state index contributed by atoms with van der Waals surface area (Å²) in [4.78, 5) is 25.7. The minimum absolute atomic E-state index is 0.246. The highest BCUT2D eigenvalue weighted by atomic mass is 16.5. The Balaban J connectivity index is 1.52. The van der Waals surface area contributed by atoms with Crippen LogP contribution in [0.15, 0.2) is 77.6 Å². The maximum absolute atomic E-state index is 12.0. The van der Waals surface area contributed by atoms with Crippen molar-refractivity contribution in [3.63, 3.8) is 0 Å². The van der Waals surface area contributed by atoms with Crippen LogP contribution in [0.1, 0.15) is 21.6 Å². The second-order valence-electron chi connectivity index (χ2n) is 5.53. The highest BCUT2D eigenvalue weighted by Gasteiger charge is 2.05. The number of aromatic amines is 1. The van der Waals surface area contributed by atoms with E-state index in [0.717, 1.165) is 16.9 Å². The number of hydrogen-bond acceptors (Lipinski definition) is 3. The SMILES string of the molecule is O=C(NCc1ccc(OCc2ccccc2)cc1)c1cccc(=O)[nH]1. The highest BCUT2D eigenvalue weighted by Crippen LogP contribution is 2.14. The molecule has 2 N–H and O–H groups in total. The molecule has 1 amide bonds. The zero-order valence-corrected chi connectivity index (χ0v) is 13.6. The van der Waals surface area contributed by atoms with Crippen LogP contribution in [0.5, 0.6) is 5.75 Å². The molecule has 1 aromatic heterocycles. The average Bonchev–Trinajstić information content (AvgIpc) is 2.66. The lowest BCUT2D eigenvalue weighted by Crippen LogP contribution is -2.25. The Labute approximate surface area is 145 Å². The molecule has 1 heterocycles. The van der Waals surface area contributed by atoms with Crippen molar-refractivity contribution in [1.29, 1.82) is 0 Å². The molecule has 25 heavy (non-hydrogen) atoms. The van der Waals surface area contributed by atoms with E-state index >= 15 is 0 Å². The number of benzene rings is 2. The van der Waals surface area contributed by atoms with Gasteiger partial charge < -0.3 is 15.0 Å². The Morgan fingerprint density at radius 3 is 2.36 bits per heavy atom. The van der Waals surface area contributed by atoms with Crippen molar-refractivity contribution in [2.45, 2.75) is 13.2 Å². The molecular formula is C20H18N2O3. The van der Waals surface area contributed by atoms with Gasteiger partial charge in [-0.2, -0.15) is 0 Å². The van der Waals surface area contributed by atoms with E-state index < -0.39 is 0 Å². The van der Waals surface area contributed by atoms with E-state index in [9.17, 15) is 9.59 Å². The Morgan fingerprint density at radius 1 is 0.880 bits per heavy atom. The molecule has 0 fully saturated rings. The van der Waals surface area contributed by atoms with Crippen LogP contribution in [0, 0.1) is 0 Å². The summed E-state index contributed by atoms with van der Waals surface area (Å²) in [6, 6.07) is 22.0. The van der Waals surface area contributed by atoms with Crippen molar-refractivity contribution in [3.05, 3.63) is 100.0 Å². The Kier molecular flexibility index (Phi) is 5.26. The van der Waals surface area contributed by atoms with Gasteiger partial charge in [-0.1, -0.05) is 48.5 Å². The number of amides is 1. The lowest BCUT2D eigenvalue weighted by Gasteiger charge is -2.08. The Morgan fingerprint density at radius 2 is 1.64 bits per heavy atom. The van der Waals surface area contributed by atoms with Gasteiger partial charge in [0.25, 0.3) is 5.91 Å². The van der Waals surface area contributed by atoms with E-state index in [0.29, 0.717) is 13.2 Å². The summed E-state index contributed by atoms with van der Waals surface area (Å²) in [7, 11) is 0. The molecular weight excluding hydrogens is 316 g/mol. The minimum atomic E-state index is -0.317. The third-order valence-corrected chi connectivity index (χ3v) is 3.64. The van der Waals surface area contributed by atoms with Crippen molar-refractivity contribution < 1.29 is 9.53 Å². The van der Waals surface area contributed by atoms with Crippen LogP contribution in [0.2, 0.25) is 0 Å². The number of carbonyl (C=O) groups is 1. The molecule has 0 radical (unpaired) electrons. The summed E-state index contributed by atoms with van der Waals surface area (Å²) in [5.74, 6) is 0.452. The van der Waals surface area contributed by atoms with Crippen LogP contribution < -0.4 is 15.6 Å². The van der Waals surface area contributed by atoms with Crippen molar-refractivity contribution in [2.24, 2.45) is 0 Å². The minimum Gasteiger partial charge on any atom is -0.489 e. The van der Waals surface area contributed by atoms with Crippen molar-refractivity contribution in [3.8, 4) is 5.75 Å². The zero-order valence-electron chi connectivity index (χ0n) is 13.6. The standard InChI is InChI=1S/C20H18N2O3/c23-19-8-4-7-18(22-19)20(24)21-13-15-9-11-17(12-10-15)25-14-16-5-2-1-3-6-16/h1-12H,13-14H2,(H,21,24)(H,22,23). The third kappa shape index (κ3) is 4.81. The molecule has 5 heteroatoms. The molecule has 0 unspecified atom stereocenters. The van der Waals surface area contributed by atoms with Gasteiger partial charge in [0.1, 0.15) is 18.1 Å². The molecule has 0 atom stereocenters. The highest BCUT2D eigenvalue weighted by molar-refractivity contribution is 5.92. The molecule has 0 aliphatic carbocycles. The van der Waals surface area contributed by atoms with Crippen molar-refractivity contribution >= 4 is 5.91 Å². The van der Waals surface area contributed by atoms with E-state index in [1.165, 1.54) is 6.07 Å². The van der Waals surface area contributed by atoms with Gasteiger partial charge in [-0.25, -0.2) is 0 Å². The maximum atomic E-state index is 12.0. The maximum Gasteiger partial charge on any atom is 0.268 e. The molecule has 2 aromatic carbocycles. The molecule has 0 aliphatic heterocycles. The van der Waals surface area contributed by atoms with Gasteiger partial charge in [-0.15, -0.1) is 0 Å². The van der Waals surface area contributed by atoms with Crippen molar-refractivity contribution in [2.75, 3.05) is 0 Å². The quantitative estimate of drug-likeness (QED) is 0.728. The number of nitrogens with one attached hydrogen (secondary N) is 2. The van der Waals surface area contributed by atoms with Gasteiger partial charge in [-0.05, 0) is 29.3 Å². The molecule has 0 saturated heterocycles. The predicted octanol–water partition coefficient (Wildman–Crippen LogP) is 2.88. The van der Waals surface area contributed by atoms with Crippen LogP contribution in [-0.4, -0.2) is 10.9 Å². The van der Waals surface area contributed by atoms with Gasteiger partial charge in [0.05, 0.1) is 0 Å². The Hall–Kier alpha value is -3.34. The van der Waals surface area contributed by atoms with Gasteiger partial charge in [0.2, 0.25) is 5.56 Å². The monoisotopic (exact) mass is 334 g/mol. The molecule has 5 nitrogen and oxygen atoms in total. The van der Waals surface area contributed by atoms with Gasteiger partial charge in [0.15, 0.2) is 0 Å². The number of carbonyl (C=O) groups excluding carboxylic acids is 1. The van der Waals surface area contributed by atoms with E-state index in [1.54, 1.807) is 12.1 Å². The predicted molar refractivity (Wildman–Crippen MR) is 95.4 cm³/mol. The summed E-state index contributed by atoms with van der Waals surface area (Å²) >= 11 is 0. The number of H-pyrrole nitrogens is 1. The molecule has 0 bridgehead atoms. The summed E-state index contributed by atoms with van der Waals surface area (Å²) in [6.45, 7) is 0.882. The summed E-state index contributed by atoms with van der Waals surface area (Å²) in [5.41, 5.74) is 2.00. The first kappa shape index (κ1) is 16.5. The van der Waals surface area contributed by atoms with Gasteiger partial charge in [-0.3, -0.25) is 9.59 Å². The van der Waals surface area contributed by atoms with E-state index in [1.807, 2.05) is 54.6 Å². The number of ether oxygens (including phenoxy) is 1. The van der Waals surface area contributed by atoms with E-state index in [2.05, 4.69) is 10.3 Å². The Bertz CT molecular complexity index is 887. The van der Waals surface area contributed by atoms with E-state index in [-0.39, 0.29) is 17.2 Å². The second-order valence-corrected chi connectivity index (χ2v) is 5.53. The van der Waals surface area contributed by atoms with Crippen LogP contribution in [-0.2, 0) is 13.2 Å². The zero-order chi connectivity index (χ0) is 17.5. The van der Waals surface area contributed by atoms with E-state index in [4.69, 9.17) is 4.74 Å². The summed E-state index contributed by atoms with van der Waals surface area (Å²) in [6.07, 6.45) is 0. The fraction of sp³-hybridized carbons (Fsp3) is 0.100. The fourth-order valence-corrected chi connectivity index (χ4v) is 2.30. The molecule has 3 aromatic rings. The van der Waals surface area contributed by atoms with Crippen LogP contribution >= 0.6 is 0 Å². The largest absolute Gasteiger partial charge is 0.489 e. The fourth-order valence-electron chi connectivity index (χ4n) is 2.30. The van der Waals surface area contributed by atoms with Crippen LogP contribution in [0.4, 0.5) is 0 Å². The number of aromatic nitrogens is 1. The topological polar surface area (TPSA) is 71.2 Å². The summed E-state index contributed by atoms with van der Waals surface area (Å²) in [5, 5.41) is 2.77. The second kappa shape index (κ2) is 7.97. The normalized spacial score (nSPS) is 10.2. The first-order valence-electron chi connectivity index (χ1n) is 7.94. The average molecular weight is 334 g/mol. The van der Waals surface area contributed by atoms with Gasteiger partial charge in [0, 0.05) is 12.6 Å². The van der Waals surface area contributed by atoms with Gasteiger partial charge >= 0.3 is 0 Å². The number of rotatable bonds is 6. The third-order valence-electron chi connectivity index (χ3n) is 3.64. The summed E-state index contributed by atoms with van der Waals surface area (Å²) < 4.78 is 5.73. The number of pyridine rings is 1. The number of hydrogen-bond donors (Lipinski definition) is 2. The smallest absolute Gasteiger partial charge is 0.268 e.